The second kappa shape index (κ2) is 8.80. The van der Waals surface area contributed by atoms with Crippen LogP contribution >= 0.6 is 22.9 Å². The van der Waals surface area contributed by atoms with E-state index in [2.05, 4.69) is 9.72 Å². The lowest BCUT2D eigenvalue weighted by Gasteiger charge is -2.16. The van der Waals surface area contributed by atoms with Gasteiger partial charge in [-0.15, -0.1) is 11.3 Å². The third kappa shape index (κ3) is 5.04. The fourth-order valence-electron chi connectivity index (χ4n) is 2.12. The lowest BCUT2D eigenvalue weighted by atomic mass is 10.2. The van der Waals surface area contributed by atoms with Gasteiger partial charge in [-0.2, -0.15) is 0 Å². The number of hydrogen-bond acceptors (Lipinski definition) is 5. The number of aromatic nitrogens is 1. The van der Waals surface area contributed by atoms with Crippen molar-refractivity contribution in [1.82, 2.24) is 9.88 Å². The van der Waals surface area contributed by atoms with E-state index in [-0.39, 0.29) is 18.3 Å². The molecule has 0 N–H and O–H groups in total. The van der Waals surface area contributed by atoms with Gasteiger partial charge in [0.2, 0.25) is 5.91 Å². The average molecular weight is 367 g/mol. The first-order valence-corrected chi connectivity index (χ1v) is 8.77. The van der Waals surface area contributed by atoms with Crippen LogP contribution in [-0.4, -0.2) is 42.5 Å². The van der Waals surface area contributed by atoms with Gasteiger partial charge in [-0.05, 0) is 12.5 Å². The molecule has 0 aliphatic heterocycles. The zero-order valence-corrected chi connectivity index (χ0v) is 15.2. The van der Waals surface area contributed by atoms with E-state index in [1.54, 1.807) is 11.9 Å². The number of ether oxygens (including phenoxy) is 1. The number of methoxy groups -OCH3 is 1. The molecule has 0 saturated heterocycles. The summed E-state index contributed by atoms with van der Waals surface area (Å²) in [5, 5.41) is 3.32. The molecule has 0 unspecified atom stereocenters. The Bertz CT molecular complexity index is 717. The Morgan fingerprint density at radius 2 is 2.08 bits per heavy atom. The molecular weight excluding hydrogens is 348 g/mol. The van der Waals surface area contributed by atoms with E-state index in [4.69, 9.17) is 11.6 Å². The Morgan fingerprint density at radius 1 is 1.33 bits per heavy atom. The molecule has 0 bridgehead atoms. The number of carbonyl (C=O) groups excluding carboxylic acids is 2. The molecule has 1 heterocycles. The maximum atomic E-state index is 12.2. The SMILES string of the molecule is COC(=O)CCCN(C)C(=O)Cc1csc(-c2ccccc2Cl)n1. The quantitative estimate of drug-likeness (QED) is 0.704. The van der Waals surface area contributed by atoms with Crippen molar-refractivity contribution in [2.75, 3.05) is 20.7 Å². The van der Waals surface area contributed by atoms with Crippen LogP contribution in [0, 0.1) is 0 Å². The molecule has 0 spiro atoms. The highest BCUT2D eigenvalue weighted by atomic mass is 35.5. The fourth-order valence-corrected chi connectivity index (χ4v) is 3.26. The van der Waals surface area contributed by atoms with Gasteiger partial charge in [0.25, 0.3) is 0 Å². The van der Waals surface area contributed by atoms with Gasteiger partial charge in [-0.1, -0.05) is 29.8 Å². The van der Waals surface area contributed by atoms with Crippen LogP contribution in [0.4, 0.5) is 0 Å². The maximum absolute atomic E-state index is 12.2. The number of esters is 1. The second-order valence-electron chi connectivity index (χ2n) is 5.30. The summed E-state index contributed by atoms with van der Waals surface area (Å²) in [6.45, 7) is 0.509. The summed E-state index contributed by atoms with van der Waals surface area (Å²) in [5.74, 6) is -0.296. The van der Waals surface area contributed by atoms with E-state index < -0.39 is 0 Å². The lowest BCUT2D eigenvalue weighted by molar-refractivity contribution is -0.141. The van der Waals surface area contributed by atoms with E-state index in [0.29, 0.717) is 24.4 Å². The van der Waals surface area contributed by atoms with Crippen molar-refractivity contribution in [2.45, 2.75) is 19.3 Å². The Hall–Kier alpha value is -1.92. The number of amides is 1. The van der Waals surface area contributed by atoms with E-state index in [1.807, 2.05) is 29.6 Å². The lowest BCUT2D eigenvalue weighted by Crippen LogP contribution is -2.29. The number of likely N-dealkylation sites (N-methyl/N-ethyl adjacent to an activating group) is 1. The molecule has 2 rings (SSSR count). The first-order valence-electron chi connectivity index (χ1n) is 7.51. The summed E-state index contributed by atoms with van der Waals surface area (Å²) in [6.07, 6.45) is 1.12. The highest BCUT2D eigenvalue weighted by Crippen LogP contribution is 2.30. The number of carbonyl (C=O) groups is 2. The summed E-state index contributed by atoms with van der Waals surface area (Å²) in [5.41, 5.74) is 1.59. The van der Waals surface area contributed by atoms with Crippen LogP contribution in [0.5, 0.6) is 0 Å². The van der Waals surface area contributed by atoms with Crippen LogP contribution < -0.4 is 0 Å². The predicted octanol–water partition coefficient (Wildman–Crippen LogP) is 3.42. The Labute approximate surface area is 150 Å². The molecule has 0 aliphatic rings. The van der Waals surface area contributed by atoms with Crippen molar-refractivity contribution in [3.63, 3.8) is 0 Å². The van der Waals surface area contributed by atoms with Gasteiger partial charge in [-0.3, -0.25) is 9.59 Å². The number of nitrogens with zero attached hydrogens (tertiary/aromatic N) is 2. The van der Waals surface area contributed by atoms with Gasteiger partial charge in [0.05, 0.1) is 24.2 Å². The molecule has 128 valence electrons. The summed E-state index contributed by atoms with van der Waals surface area (Å²) in [6, 6.07) is 7.50. The molecule has 0 atom stereocenters. The first kappa shape index (κ1) is 18.4. The Kier molecular flexibility index (Phi) is 6.75. The number of benzene rings is 1. The van der Waals surface area contributed by atoms with Gasteiger partial charge < -0.3 is 9.64 Å². The molecule has 2 aromatic rings. The summed E-state index contributed by atoms with van der Waals surface area (Å²) in [7, 11) is 3.08. The topological polar surface area (TPSA) is 59.5 Å². The molecule has 7 heteroatoms. The Morgan fingerprint density at radius 3 is 2.79 bits per heavy atom. The molecule has 1 aromatic carbocycles. The molecular formula is C17H19ClN2O3S. The maximum Gasteiger partial charge on any atom is 0.305 e. The highest BCUT2D eigenvalue weighted by Gasteiger charge is 2.14. The molecule has 1 aromatic heterocycles. The van der Waals surface area contributed by atoms with Gasteiger partial charge >= 0.3 is 5.97 Å². The van der Waals surface area contributed by atoms with Crippen LogP contribution in [0.3, 0.4) is 0 Å². The van der Waals surface area contributed by atoms with Crippen molar-refractivity contribution in [2.24, 2.45) is 0 Å². The molecule has 0 aliphatic carbocycles. The highest BCUT2D eigenvalue weighted by molar-refractivity contribution is 7.13. The van der Waals surface area contributed by atoms with E-state index in [0.717, 1.165) is 16.3 Å². The predicted molar refractivity (Wildman–Crippen MR) is 95.2 cm³/mol. The van der Waals surface area contributed by atoms with Crippen LogP contribution in [0.25, 0.3) is 10.6 Å². The monoisotopic (exact) mass is 366 g/mol. The van der Waals surface area contributed by atoms with Gasteiger partial charge in [0.15, 0.2) is 0 Å². The van der Waals surface area contributed by atoms with Crippen molar-refractivity contribution >= 4 is 34.8 Å². The molecule has 24 heavy (non-hydrogen) atoms. The normalized spacial score (nSPS) is 10.5. The molecule has 0 saturated carbocycles. The largest absolute Gasteiger partial charge is 0.469 e. The minimum absolute atomic E-state index is 0.0316. The van der Waals surface area contributed by atoms with Gasteiger partial charge in [0.1, 0.15) is 5.01 Å². The molecule has 0 radical (unpaired) electrons. The van der Waals surface area contributed by atoms with Crippen molar-refractivity contribution in [1.29, 1.82) is 0 Å². The van der Waals surface area contributed by atoms with Gasteiger partial charge in [-0.25, -0.2) is 4.98 Å². The van der Waals surface area contributed by atoms with Crippen molar-refractivity contribution in [3.8, 4) is 10.6 Å². The number of hydrogen-bond donors (Lipinski definition) is 0. The fraction of sp³-hybridized carbons (Fsp3) is 0.353. The summed E-state index contributed by atoms with van der Waals surface area (Å²) in [4.78, 5) is 29.4. The summed E-state index contributed by atoms with van der Waals surface area (Å²) < 4.78 is 4.58. The summed E-state index contributed by atoms with van der Waals surface area (Å²) >= 11 is 7.64. The first-order chi connectivity index (χ1) is 11.5. The molecule has 1 amide bonds. The zero-order chi connectivity index (χ0) is 17.5. The third-order valence-electron chi connectivity index (χ3n) is 3.52. The average Bonchev–Trinajstić information content (AvgIpc) is 3.03. The smallest absolute Gasteiger partial charge is 0.305 e. The number of halogens is 1. The minimum atomic E-state index is -0.264. The van der Waals surface area contributed by atoms with E-state index in [1.165, 1.54) is 18.4 Å². The van der Waals surface area contributed by atoms with Gasteiger partial charge in [0, 0.05) is 31.0 Å². The third-order valence-corrected chi connectivity index (χ3v) is 4.77. The molecule has 0 fully saturated rings. The van der Waals surface area contributed by atoms with Crippen LogP contribution in [0.2, 0.25) is 5.02 Å². The minimum Gasteiger partial charge on any atom is -0.469 e. The van der Waals surface area contributed by atoms with Crippen molar-refractivity contribution in [3.05, 3.63) is 40.4 Å². The van der Waals surface area contributed by atoms with E-state index >= 15 is 0 Å². The van der Waals surface area contributed by atoms with E-state index in [9.17, 15) is 9.59 Å². The number of thiazole rings is 1. The Balaban J connectivity index is 1.91. The second-order valence-corrected chi connectivity index (χ2v) is 6.56. The van der Waals surface area contributed by atoms with Crippen LogP contribution in [0.15, 0.2) is 29.6 Å². The van der Waals surface area contributed by atoms with Crippen molar-refractivity contribution < 1.29 is 14.3 Å². The van der Waals surface area contributed by atoms with Crippen LogP contribution in [0.1, 0.15) is 18.5 Å². The molecule has 5 nitrogen and oxygen atoms in total. The number of rotatable bonds is 7. The zero-order valence-electron chi connectivity index (χ0n) is 13.6. The van der Waals surface area contributed by atoms with Crippen LogP contribution in [-0.2, 0) is 20.7 Å². The standard InChI is InChI=1S/C17H19ClN2O3S/c1-20(9-5-8-16(22)23-2)15(21)10-12-11-24-17(19-12)13-6-3-4-7-14(13)18/h3-4,6-7,11H,5,8-10H2,1-2H3.